The van der Waals surface area contributed by atoms with Gasteiger partial charge in [-0.2, -0.15) is 15.0 Å². The van der Waals surface area contributed by atoms with E-state index in [4.69, 9.17) is 25.2 Å². The Morgan fingerprint density at radius 1 is 1.38 bits per heavy atom. The maximum absolute atomic E-state index is 7.48. The summed E-state index contributed by atoms with van der Waals surface area (Å²) in [6.45, 7) is -2.03. The summed E-state index contributed by atoms with van der Waals surface area (Å²) in [5, 5.41) is 12.6. The third kappa shape index (κ3) is 3.76. The highest BCUT2D eigenvalue weighted by molar-refractivity contribution is 6.29. The molecule has 1 aliphatic heterocycles. The Bertz CT molecular complexity index is 957. The van der Waals surface area contributed by atoms with Gasteiger partial charge in [-0.3, -0.25) is 5.01 Å². The Labute approximate surface area is 161 Å². The molecule has 9 heteroatoms. The zero-order chi connectivity index (χ0) is 21.2. The Balaban J connectivity index is 1.99. The van der Waals surface area contributed by atoms with Crippen LogP contribution in [0.3, 0.4) is 0 Å². The standard InChI is InChI=1S/C17H21ClN6O2/c1-23-16(18)7-12(8-19-23)21-14-6-11(10-25-3)5-13(17(14)26-4)15-9-20-24(2)22-15/h5-9,19,21H,10H2,1-4H3/i1D3. The maximum atomic E-state index is 7.48. The SMILES string of the molecule is [2H]C([2H])([2H])N1NC=C(Nc2cc(COC)cc(-c3cnn(C)n3)c2OC)C=C1Cl. The van der Waals surface area contributed by atoms with Crippen LogP contribution in [-0.2, 0) is 18.4 Å². The van der Waals surface area contributed by atoms with Gasteiger partial charge >= 0.3 is 0 Å². The Morgan fingerprint density at radius 3 is 2.85 bits per heavy atom. The summed E-state index contributed by atoms with van der Waals surface area (Å²) in [4.78, 5) is 1.46. The molecule has 0 amide bonds. The van der Waals surface area contributed by atoms with Crippen molar-refractivity contribution in [3.05, 3.63) is 47.0 Å². The maximum Gasteiger partial charge on any atom is 0.151 e. The fourth-order valence-electron chi connectivity index (χ4n) is 2.57. The van der Waals surface area contributed by atoms with Crippen LogP contribution in [0.25, 0.3) is 11.3 Å². The number of hydrazine groups is 1. The number of anilines is 1. The highest BCUT2D eigenvalue weighted by Gasteiger charge is 2.17. The molecule has 26 heavy (non-hydrogen) atoms. The zero-order valence-electron chi connectivity index (χ0n) is 17.6. The minimum atomic E-state index is -2.41. The van der Waals surface area contributed by atoms with Crippen molar-refractivity contribution in [2.24, 2.45) is 7.05 Å². The average Bonchev–Trinajstić information content (AvgIpc) is 3.07. The second kappa shape index (κ2) is 7.67. The van der Waals surface area contributed by atoms with Gasteiger partial charge in [-0.05, 0) is 23.8 Å². The van der Waals surface area contributed by atoms with Crippen molar-refractivity contribution in [1.29, 1.82) is 0 Å². The summed E-state index contributed by atoms with van der Waals surface area (Å²) in [6, 6.07) is 3.80. The number of nitrogens with one attached hydrogen (secondary N) is 2. The molecule has 2 heterocycles. The summed E-state index contributed by atoms with van der Waals surface area (Å²) < 4.78 is 33.3. The summed E-state index contributed by atoms with van der Waals surface area (Å²) in [5.41, 5.74) is 6.12. The molecule has 0 unspecified atom stereocenters. The number of hydrogen-bond donors (Lipinski definition) is 2. The van der Waals surface area contributed by atoms with Crippen LogP contribution < -0.4 is 15.5 Å². The highest BCUT2D eigenvalue weighted by atomic mass is 35.5. The summed E-state index contributed by atoms with van der Waals surface area (Å²) >= 11 is 6.12. The molecular weight excluding hydrogens is 356 g/mol. The Kier molecular flexibility index (Phi) is 4.27. The minimum absolute atomic E-state index is 0.0242. The molecule has 0 aliphatic carbocycles. The van der Waals surface area contributed by atoms with E-state index < -0.39 is 6.98 Å². The molecule has 0 fully saturated rings. The van der Waals surface area contributed by atoms with Crippen LogP contribution in [0.4, 0.5) is 5.69 Å². The molecule has 2 N–H and O–H groups in total. The molecule has 0 spiro atoms. The van der Waals surface area contributed by atoms with E-state index >= 15 is 0 Å². The number of ether oxygens (including phenoxy) is 2. The van der Waals surface area contributed by atoms with Gasteiger partial charge in [0.2, 0.25) is 0 Å². The van der Waals surface area contributed by atoms with Gasteiger partial charge < -0.3 is 20.2 Å². The smallest absolute Gasteiger partial charge is 0.151 e. The van der Waals surface area contributed by atoms with Gasteiger partial charge in [0.25, 0.3) is 0 Å². The molecule has 3 rings (SSSR count). The van der Waals surface area contributed by atoms with E-state index in [1.807, 2.05) is 12.1 Å². The number of hydrogen-bond acceptors (Lipinski definition) is 7. The fraction of sp³-hybridized carbons (Fsp3) is 0.294. The summed E-state index contributed by atoms with van der Waals surface area (Å²) in [7, 11) is 4.90. The molecule has 8 nitrogen and oxygen atoms in total. The van der Waals surface area contributed by atoms with Gasteiger partial charge in [-0.25, -0.2) is 0 Å². The lowest BCUT2D eigenvalue weighted by molar-refractivity contribution is 0.185. The molecule has 1 aliphatic rings. The number of rotatable bonds is 6. The van der Waals surface area contributed by atoms with Gasteiger partial charge in [-0.15, -0.1) is 0 Å². The van der Waals surface area contributed by atoms with Crippen LogP contribution in [-0.4, -0.2) is 41.2 Å². The van der Waals surface area contributed by atoms with Gasteiger partial charge in [-0.1, -0.05) is 11.6 Å². The normalized spacial score (nSPS) is 16.0. The molecule has 138 valence electrons. The average molecular weight is 380 g/mol. The van der Waals surface area contributed by atoms with E-state index in [0.29, 0.717) is 29.4 Å². The van der Waals surface area contributed by atoms with Gasteiger partial charge in [0, 0.05) is 37.0 Å². The van der Waals surface area contributed by atoms with E-state index in [1.165, 1.54) is 17.1 Å². The van der Waals surface area contributed by atoms with Crippen LogP contribution in [0, 0.1) is 0 Å². The number of allylic oxidation sites excluding steroid dienone is 1. The summed E-state index contributed by atoms with van der Waals surface area (Å²) in [6.07, 6.45) is 4.65. The molecule has 0 saturated heterocycles. The first-order valence-corrected chi connectivity index (χ1v) is 8.08. The summed E-state index contributed by atoms with van der Waals surface area (Å²) in [5.74, 6) is 0.550. The van der Waals surface area contributed by atoms with Crippen LogP contribution in [0.5, 0.6) is 5.75 Å². The Morgan fingerprint density at radius 2 is 2.23 bits per heavy atom. The number of halogens is 1. The van der Waals surface area contributed by atoms with Crippen molar-refractivity contribution in [3.63, 3.8) is 0 Å². The third-order valence-electron chi connectivity index (χ3n) is 3.66. The van der Waals surface area contributed by atoms with Crippen LogP contribution in [0.1, 0.15) is 9.68 Å². The third-order valence-corrected chi connectivity index (χ3v) is 3.93. The largest absolute Gasteiger partial charge is 0.494 e. The monoisotopic (exact) mass is 379 g/mol. The topological polar surface area (TPSA) is 76.5 Å². The predicted octanol–water partition coefficient (Wildman–Crippen LogP) is 2.42. The molecular formula is C17H21ClN6O2. The van der Waals surface area contributed by atoms with Crippen molar-refractivity contribution in [3.8, 4) is 17.0 Å². The molecule has 0 bridgehead atoms. The second-order valence-corrected chi connectivity index (χ2v) is 5.92. The number of aryl methyl sites for hydroxylation is 1. The van der Waals surface area contributed by atoms with Crippen molar-refractivity contribution in [2.45, 2.75) is 6.61 Å². The van der Waals surface area contributed by atoms with Crippen molar-refractivity contribution >= 4 is 17.3 Å². The van der Waals surface area contributed by atoms with Crippen molar-refractivity contribution in [1.82, 2.24) is 25.4 Å². The molecule has 0 saturated carbocycles. The van der Waals surface area contributed by atoms with Crippen molar-refractivity contribution in [2.75, 3.05) is 26.5 Å². The lowest BCUT2D eigenvalue weighted by Crippen LogP contribution is -2.31. The molecule has 0 radical (unpaired) electrons. The zero-order valence-corrected chi connectivity index (χ0v) is 15.3. The first kappa shape index (κ1) is 14.5. The van der Waals surface area contributed by atoms with Gasteiger partial charge in [0.05, 0.1) is 31.3 Å². The lowest BCUT2D eigenvalue weighted by atomic mass is 10.1. The van der Waals surface area contributed by atoms with Crippen molar-refractivity contribution < 1.29 is 13.6 Å². The van der Waals surface area contributed by atoms with Crippen LogP contribution >= 0.6 is 11.6 Å². The van der Waals surface area contributed by atoms with E-state index in [1.54, 1.807) is 27.5 Å². The van der Waals surface area contributed by atoms with Crippen LogP contribution in [0.15, 0.2) is 41.5 Å². The number of nitrogens with zero attached hydrogens (tertiary/aromatic N) is 4. The lowest BCUT2D eigenvalue weighted by Gasteiger charge is -2.24. The quantitative estimate of drug-likeness (QED) is 0.746. The van der Waals surface area contributed by atoms with Crippen LogP contribution in [0.2, 0.25) is 0 Å². The first-order valence-electron chi connectivity index (χ1n) is 9.20. The highest BCUT2D eigenvalue weighted by Crippen LogP contribution is 2.38. The second-order valence-electron chi connectivity index (χ2n) is 5.53. The molecule has 2 aromatic rings. The minimum Gasteiger partial charge on any atom is -0.494 e. The van der Waals surface area contributed by atoms with Gasteiger partial charge in [0.1, 0.15) is 10.9 Å². The number of benzene rings is 1. The predicted molar refractivity (Wildman–Crippen MR) is 100 cm³/mol. The molecule has 1 aromatic heterocycles. The van der Waals surface area contributed by atoms with E-state index in [2.05, 4.69) is 20.9 Å². The fourth-order valence-corrected chi connectivity index (χ4v) is 2.74. The number of methoxy groups -OCH3 is 2. The van der Waals surface area contributed by atoms with Gasteiger partial charge in [0.15, 0.2) is 5.75 Å². The molecule has 0 atom stereocenters. The van der Waals surface area contributed by atoms with E-state index in [9.17, 15) is 0 Å². The molecule has 1 aromatic carbocycles. The Hall–Kier alpha value is -2.71. The first-order chi connectivity index (χ1) is 13.7. The number of aromatic nitrogens is 3. The van der Waals surface area contributed by atoms with E-state index in [-0.39, 0.29) is 5.16 Å². The van der Waals surface area contributed by atoms with E-state index in [0.717, 1.165) is 16.1 Å².